The number of fused-ring (bicyclic) bond motifs is 3. The third-order valence-electron chi connectivity index (χ3n) is 5.73. The predicted molar refractivity (Wildman–Crippen MR) is 78.8 cm³/mol. The zero-order valence-electron chi connectivity index (χ0n) is 11.4. The minimum absolute atomic E-state index is 0.325. The van der Waals surface area contributed by atoms with Gasteiger partial charge in [-0.1, -0.05) is 11.6 Å². The molecule has 1 spiro atoms. The van der Waals surface area contributed by atoms with Crippen LogP contribution in [0, 0.1) is 11.2 Å². The van der Waals surface area contributed by atoms with Crippen LogP contribution in [-0.4, -0.2) is 10.2 Å². The molecule has 0 radical (unpaired) electrons. The Balaban J connectivity index is 1.64. The highest BCUT2D eigenvalue weighted by molar-refractivity contribution is 6.33. The Hall–Kier alpha value is -1.48. The summed E-state index contributed by atoms with van der Waals surface area (Å²) in [6.45, 7) is 0. The standard InChI is InChI=1S/C17H14ClFN2/c18-14-7-9(19)1-2-10(14)15-8-11-12-3-4-13(16(11)21-20-15)17(12)5-6-17/h1-2,7-8,12-13H,3-6H2/t12-,13+/m1/s1. The Morgan fingerprint density at radius 2 is 1.90 bits per heavy atom. The van der Waals surface area contributed by atoms with Crippen molar-refractivity contribution in [3.05, 3.63) is 46.4 Å². The van der Waals surface area contributed by atoms with E-state index < -0.39 is 0 Å². The third kappa shape index (κ3) is 1.48. The molecule has 2 saturated carbocycles. The van der Waals surface area contributed by atoms with Crippen molar-refractivity contribution < 1.29 is 4.39 Å². The fourth-order valence-electron chi connectivity index (χ4n) is 4.66. The molecule has 21 heavy (non-hydrogen) atoms. The molecule has 2 nitrogen and oxygen atoms in total. The molecule has 3 aliphatic carbocycles. The van der Waals surface area contributed by atoms with E-state index in [2.05, 4.69) is 16.3 Å². The van der Waals surface area contributed by atoms with E-state index in [4.69, 9.17) is 11.6 Å². The van der Waals surface area contributed by atoms with Crippen LogP contribution in [0.25, 0.3) is 11.3 Å². The fraction of sp³-hybridized carbons (Fsp3) is 0.412. The molecule has 2 atom stereocenters. The van der Waals surface area contributed by atoms with Crippen LogP contribution in [0.2, 0.25) is 5.02 Å². The molecule has 106 valence electrons. The van der Waals surface area contributed by atoms with Gasteiger partial charge < -0.3 is 0 Å². The molecule has 2 bridgehead atoms. The van der Waals surface area contributed by atoms with Gasteiger partial charge in [0.25, 0.3) is 0 Å². The second-order valence-corrected chi connectivity index (χ2v) is 7.02. The van der Waals surface area contributed by atoms with E-state index in [0.29, 0.717) is 22.3 Å². The van der Waals surface area contributed by atoms with Crippen molar-refractivity contribution in [1.82, 2.24) is 10.2 Å². The topological polar surface area (TPSA) is 25.8 Å². The summed E-state index contributed by atoms with van der Waals surface area (Å²) in [6, 6.07) is 6.59. The Morgan fingerprint density at radius 3 is 2.67 bits per heavy atom. The van der Waals surface area contributed by atoms with Gasteiger partial charge in [-0.3, -0.25) is 0 Å². The largest absolute Gasteiger partial charge is 0.207 e. The summed E-state index contributed by atoms with van der Waals surface area (Å²) in [7, 11) is 0. The van der Waals surface area contributed by atoms with Gasteiger partial charge in [0.15, 0.2) is 0 Å². The lowest BCUT2D eigenvalue weighted by molar-refractivity contribution is 0.456. The summed E-state index contributed by atoms with van der Waals surface area (Å²) < 4.78 is 13.2. The second-order valence-electron chi connectivity index (χ2n) is 6.61. The summed E-state index contributed by atoms with van der Waals surface area (Å²) in [5, 5.41) is 9.28. The highest BCUT2D eigenvalue weighted by Crippen LogP contribution is 2.75. The van der Waals surface area contributed by atoms with Crippen molar-refractivity contribution in [3.63, 3.8) is 0 Å². The monoisotopic (exact) mass is 300 g/mol. The van der Waals surface area contributed by atoms with E-state index in [-0.39, 0.29) is 5.82 Å². The van der Waals surface area contributed by atoms with Gasteiger partial charge in [0.1, 0.15) is 5.82 Å². The molecular weight excluding hydrogens is 287 g/mol. The highest BCUT2D eigenvalue weighted by atomic mass is 35.5. The first-order chi connectivity index (χ1) is 10.2. The molecule has 4 heteroatoms. The van der Waals surface area contributed by atoms with Gasteiger partial charge in [0, 0.05) is 11.5 Å². The van der Waals surface area contributed by atoms with E-state index in [1.54, 1.807) is 6.07 Å². The summed E-state index contributed by atoms with van der Waals surface area (Å²) in [5.74, 6) is 0.961. The van der Waals surface area contributed by atoms with Crippen molar-refractivity contribution in [2.75, 3.05) is 0 Å². The molecule has 0 aliphatic heterocycles. The number of hydrogen-bond acceptors (Lipinski definition) is 2. The van der Waals surface area contributed by atoms with Crippen molar-refractivity contribution in [2.45, 2.75) is 37.5 Å². The van der Waals surface area contributed by atoms with Gasteiger partial charge >= 0.3 is 0 Å². The van der Waals surface area contributed by atoms with Gasteiger partial charge in [0.2, 0.25) is 0 Å². The average molecular weight is 301 g/mol. The number of benzene rings is 1. The molecule has 2 aromatic rings. The summed E-state index contributed by atoms with van der Waals surface area (Å²) in [4.78, 5) is 0. The van der Waals surface area contributed by atoms with E-state index in [9.17, 15) is 4.39 Å². The zero-order chi connectivity index (χ0) is 14.2. The van der Waals surface area contributed by atoms with Gasteiger partial charge in [-0.25, -0.2) is 4.39 Å². The predicted octanol–water partition coefficient (Wildman–Crippen LogP) is 4.69. The Morgan fingerprint density at radius 1 is 1.10 bits per heavy atom. The number of rotatable bonds is 1. The van der Waals surface area contributed by atoms with Crippen LogP contribution in [0.4, 0.5) is 4.39 Å². The Labute approximate surface area is 127 Å². The van der Waals surface area contributed by atoms with Crippen LogP contribution in [0.1, 0.15) is 48.8 Å². The van der Waals surface area contributed by atoms with Gasteiger partial charge in [-0.2, -0.15) is 10.2 Å². The van der Waals surface area contributed by atoms with Crippen LogP contribution in [0.5, 0.6) is 0 Å². The molecule has 0 saturated heterocycles. The van der Waals surface area contributed by atoms with Crippen LogP contribution in [-0.2, 0) is 0 Å². The van der Waals surface area contributed by atoms with Crippen molar-refractivity contribution in [1.29, 1.82) is 0 Å². The summed E-state index contributed by atoms with van der Waals surface area (Å²) in [5.41, 5.74) is 4.63. The molecule has 0 unspecified atom stereocenters. The molecule has 5 rings (SSSR count). The summed E-state index contributed by atoms with van der Waals surface area (Å²) >= 11 is 6.15. The number of hydrogen-bond donors (Lipinski definition) is 0. The molecule has 1 heterocycles. The first-order valence-electron chi connectivity index (χ1n) is 7.52. The van der Waals surface area contributed by atoms with E-state index >= 15 is 0 Å². The fourth-order valence-corrected chi connectivity index (χ4v) is 4.92. The summed E-state index contributed by atoms with van der Waals surface area (Å²) in [6.07, 6.45) is 5.22. The van der Waals surface area contributed by atoms with Gasteiger partial charge in [-0.15, -0.1) is 0 Å². The molecule has 0 amide bonds. The van der Waals surface area contributed by atoms with Crippen molar-refractivity contribution in [2.24, 2.45) is 5.41 Å². The molecule has 1 aromatic heterocycles. The van der Waals surface area contributed by atoms with Gasteiger partial charge in [-0.05, 0) is 66.8 Å². The normalized spacial score (nSPS) is 27.1. The van der Waals surface area contributed by atoms with Crippen molar-refractivity contribution in [3.8, 4) is 11.3 Å². The first-order valence-corrected chi connectivity index (χ1v) is 7.90. The van der Waals surface area contributed by atoms with Crippen LogP contribution in [0.15, 0.2) is 24.3 Å². The minimum atomic E-state index is -0.325. The van der Waals surface area contributed by atoms with Crippen LogP contribution < -0.4 is 0 Å². The first kappa shape index (κ1) is 12.1. The third-order valence-corrected chi connectivity index (χ3v) is 6.04. The van der Waals surface area contributed by atoms with E-state index in [0.717, 1.165) is 11.3 Å². The second kappa shape index (κ2) is 3.83. The molecule has 2 fully saturated rings. The minimum Gasteiger partial charge on any atom is -0.207 e. The maximum atomic E-state index is 13.2. The quantitative estimate of drug-likeness (QED) is 0.763. The lowest BCUT2D eigenvalue weighted by atomic mass is 9.91. The van der Waals surface area contributed by atoms with Gasteiger partial charge in [0.05, 0.1) is 16.4 Å². The zero-order valence-corrected chi connectivity index (χ0v) is 12.2. The Bertz CT molecular complexity index is 769. The lowest BCUT2D eigenvalue weighted by Crippen LogP contribution is -2.04. The molecule has 3 aliphatic rings. The number of halogens is 2. The number of aromatic nitrogens is 2. The Kier molecular flexibility index (Phi) is 2.21. The SMILES string of the molecule is Fc1ccc(-c2cc3c(nn2)[C@@H]2CC[C@H]3C23CC3)c(Cl)c1. The smallest absolute Gasteiger partial charge is 0.124 e. The highest BCUT2D eigenvalue weighted by Gasteiger charge is 2.64. The molecule has 1 aromatic carbocycles. The maximum Gasteiger partial charge on any atom is 0.124 e. The average Bonchev–Trinajstić information content (AvgIpc) is 3.12. The van der Waals surface area contributed by atoms with Crippen LogP contribution in [0.3, 0.4) is 0 Å². The molecule has 0 N–H and O–H groups in total. The number of nitrogens with zero attached hydrogens (tertiary/aromatic N) is 2. The van der Waals surface area contributed by atoms with Crippen molar-refractivity contribution >= 4 is 11.6 Å². The van der Waals surface area contributed by atoms with Crippen LogP contribution >= 0.6 is 11.6 Å². The van der Waals surface area contributed by atoms with E-state index in [1.165, 1.54) is 49.1 Å². The maximum absolute atomic E-state index is 13.2. The lowest BCUT2D eigenvalue weighted by Gasteiger charge is -2.14. The van der Waals surface area contributed by atoms with E-state index in [1.807, 2.05) is 0 Å². The molecular formula is C17H14ClFN2.